The maximum Gasteiger partial charge on any atom is 0.269 e. The fraction of sp³-hybridized carbons (Fsp3) is 0.192. The minimum atomic E-state index is -0.483. The van der Waals surface area contributed by atoms with Crippen molar-refractivity contribution in [3.05, 3.63) is 93.5 Å². The molecule has 0 aromatic heterocycles. The first-order valence-electron chi connectivity index (χ1n) is 10.9. The number of nitrogens with one attached hydrogen (secondary N) is 3. The standard InChI is InChI=1S/C26H26BrN3O4/c1-3-4-14-34-23-13-10-20(16-22(23)27)26(33)30-29-25(32)18-8-11-21(12-9-18)28-24(31)19-7-5-6-17(2)15-19/h5-13,15-16H,3-4,14H2,1-2H3,(H,28,31)(H,29,32)(H,30,33). The Morgan fingerprint density at radius 2 is 1.47 bits per heavy atom. The van der Waals surface area contributed by atoms with Crippen LogP contribution >= 0.6 is 15.9 Å². The number of amides is 3. The quantitative estimate of drug-likeness (QED) is 0.277. The van der Waals surface area contributed by atoms with Crippen LogP contribution in [0.15, 0.2) is 71.2 Å². The number of ether oxygens (including phenoxy) is 1. The highest BCUT2D eigenvalue weighted by Crippen LogP contribution is 2.26. The Kier molecular flexibility index (Phi) is 8.81. The molecular weight excluding hydrogens is 498 g/mol. The molecule has 0 aliphatic heterocycles. The first-order chi connectivity index (χ1) is 16.4. The van der Waals surface area contributed by atoms with E-state index in [-0.39, 0.29) is 5.91 Å². The molecule has 0 spiro atoms. The maximum absolute atomic E-state index is 12.4. The normalized spacial score (nSPS) is 10.3. The Labute approximate surface area is 207 Å². The van der Waals surface area contributed by atoms with Gasteiger partial charge in [-0.3, -0.25) is 25.2 Å². The molecule has 3 aromatic carbocycles. The lowest BCUT2D eigenvalue weighted by Crippen LogP contribution is -2.41. The van der Waals surface area contributed by atoms with Crippen molar-refractivity contribution in [2.24, 2.45) is 0 Å². The minimum absolute atomic E-state index is 0.235. The second kappa shape index (κ2) is 12.0. The van der Waals surface area contributed by atoms with Gasteiger partial charge in [-0.25, -0.2) is 0 Å². The first kappa shape index (κ1) is 25.0. The number of halogens is 1. The molecule has 0 saturated carbocycles. The van der Waals surface area contributed by atoms with Gasteiger partial charge in [0.25, 0.3) is 17.7 Å². The van der Waals surface area contributed by atoms with Crippen LogP contribution in [-0.2, 0) is 0 Å². The summed E-state index contributed by atoms with van der Waals surface area (Å²) in [5, 5.41) is 2.79. The summed E-state index contributed by atoms with van der Waals surface area (Å²) < 4.78 is 6.32. The molecule has 176 valence electrons. The molecule has 34 heavy (non-hydrogen) atoms. The molecule has 0 bridgehead atoms. The second-order valence-corrected chi connectivity index (χ2v) is 8.51. The first-order valence-corrected chi connectivity index (χ1v) is 11.7. The van der Waals surface area contributed by atoms with Crippen molar-refractivity contribution in [2.45, 2.75) is 26.7 Å². The van der Waals surface area contributed by atoms with Gasteiger partial charge in [-0.15, -0.1) is 0 Å². The van der Waals surface area contributed by atoms with E-state index in [0.29, 0.717) is 39.2 Å². The zero-order chi connectivity index (χ0) is 24.5. The number of carbonyl (C=O) groups excluding carboxylic acids is 3. The van der Waals surface area contributed by atoms with Crippen LogP contribution in [0.1, 0.15) is 56.4 Å². The number of aryl methyl sites for hydroxylation is 1. The molecule has 0 radical (unpaired) electrons. The Morgan fingerprint density at radius 1 is 0.824 bits per heavy atom. The third-order valence-electron chi connectivity index (χ3n) is 4.92. The van der Waals surface area contributed by atoms with E-state index in [2.05, 4.69) is 39.0 Å². The van der Waals surface area contributed by atoms with E-state index in [9.17, 15) is 14.4 Å². The predicted molar refractivity (Wildman–Crippen MR) is 135 cm³/mol. The largest absolute Gasteiger partial charge is 0.492 e. The summed E-state index contributed by atoms with van der Waals surface area (Å²) in [4.78, 5) is 37.2. The number of hydrogen-bond donors (Lipinski definition) is 3. The second-order valence-electron chi connectivity index (χ2n) is 7.66. The topological polar surface area (TPSA) is 96.5 Å². The van der Waals surface area contributed by atoms with Crippen LogP contribution in [-0.4, -0.2) is 24.3 Å². The van der Waals surface area contributed by atoms with Crippen LogP contribution < -0.4 is 20.9 Å². The Bertz CT molecular complexity index is 1180. The van der Waals surface area contributed by atoms with Gasteiger partial charge >= 0.3 is 0 Å². The smallest absolute Gasteiger partial charge is 0.269 e. The van der Waals surface area contributed by atoms with Crippen molar-refractivity contribution < 1.29 is 19.1 Å². The van der Waals surface area contributed by atoms with Gasteiger partial charge in [0, 0.05) is 22.4 Å². The Balaban J connectivity index is 1.53. The van der Waals surface area contributed by atoms with Crippen molar-refractivity contribution in [1.29, 1.82) is 0 Å². The lowest BCUT2D eigenvalue weighted by molar-refractivity contribution is 0.0846. The van der Waals surface area contributed by atoms with E-state index in [1.165, 1.54) is 0 Å². The molecule has 0 unspecified atom stereocenters. The van der Waals surface area contributed by atoms with Gasteiger partial charge in [-0.1, -0.05) is 31.0 Å². The maximum atomic E-state index is 12.4. The summed E-state index contributed by atoms with van der Waals surface area (Å²) in [6.07, 6.45) is 1.98. The molecule has 0 fully saturated rings. The summed E-state index contributed by atoms with van der Waals surface area (Å²) >= 11 is 3.40. The third kappa shape index (κ3) is 6.92. The third-order valence-corrected chi connectivity index (χ3v) is 5.54. The summed E-state index contributed by atoms with van der Waals surface area (Å²) in [5.41, 5.74) is 7.58. The molecule has 8 heteroatoms. The van der Waals surface area contributed by atoms with Crippen molar-refractivity contribution in [2.75, 3.05) is 11.9 Å². The van der Waals surface area contributed by atoms with Crippen LogP contribution in [0.4, 0.5) is 5.69 Å². The number of rotatable bonds is 8. The average Bonchev–Trinajstić information content (AvgIpc) is 2.83. The van der Waals surface area contributed by atoms with Crippen LogP contribution in [0.5, 0.6) is 5.75 Å². The molecule has 0 aliphatic carbocycles. The molecule has 0 heterocycles. The number of anilines is 1. The highest BCUT2D eigenvalue weighted by Gasteiger charge is 2.12. The van der Waals surface area contributed by atoms with Crippen LogP contribution in [0.3, 0.4) is 0 Å². The van der Waals surface area contributed by atoms with Gasteiger partial charge in [0.2, 0.25) is 0 Å². The lowest BCUT2D eigenvalue weighted by atomic mass is 10.1. The van der Waals surface area contributed by atoms with Crippen LogP contribution in [0.2, 0.25) is 0 Å². The van der Waals surface area contributed by atoms with E-state index < -0.39 is 11.8 Å². The molecule has 3 N–H and O–H groups in total. The SMILES string of the molecule is CCCCOc1ccc(C(=O)NNC(=O)c2ccc(NC(=O)c3cccc(C)c3)cc2)cc1Br. The number of carbonyl (C=O) groups is 3. The van der Waals surface area contributed by atoms with Crippen LogP contribution in [0, 0.1) is 6.92 Å². The molecule has 0 aliphatic rings. The monoisotopic (exact) mass is 523 g/mol. The van der Waals surface area contributed by atoms with E-state index in [0.717, 1.165) is 18.4 Å². The fourth-order valence-corrected chi connectivity index (χ4v) is 3.53. The molecular formula is C26H26BrN3O4. The molecule has 0 saturated heterocycles. The van der Waals surface area contributed by atoms with Crippen LogP contribution in [0.25, 0.3) is 0 Å². The zero-order valence-electron chi connectivity index (χ0n) is 19.0. The number of hydrazine groups is 1. The lowest BCUT2D eigenvalue weighted by Gasteiger charge is -2.11. The molecule has 0 atom stereocenters. The number of benzene rings is 3. The number of hydrogen-bond acceptors (Lipinski definition) is 4. The molecule has 3 aromatic rings. The van der Waals surface area contributed by atoms with Gasteiger partial charge in [0.05, 0.1) is 11.1 Å². The van der Waals surface area contributed by atoms with Gasteiger partial charge in [-0.05, 0) is 83.9 Å². The van der Waals surface area contributed by atoms with Gasteiger partial charge < -0.3 is 10.1 Å². The van der Waals surface area contributed by atoms with Crippen molar-refractivity contribution in [1.82, 2.24) is 10.9 Å². The van der Waals surface area contributed by atoms with Crippen molar-refractivity contribution in [3.63, 3.8) is 0 Å². The fourth-order valence-electron chi connectivity index (χ4n) is 3.04. The van der Waals surface area contributed by atoms with E-state index >= 15 is 0 Å². The highest BCUT2D eigenvalue weighted by molar-refractivity contribution is 9.10. The van der Waals surface area contributed by atoms with E-state index in [4.69, 9.17) is 4.74 Å². The van der Waals surface area contributed by atoms with Gasteiger partial charge in [0.1, 0.15) is 5.75 Å². The minimum Gasteiger partial charge on any atom is -0.492 e. The zero-order valence-corrected chi connectivity index (χ0v) is 20.6. The van der Waals surface area contributed by atoms with Gasteiger partial charge in [0.15, 0.2) is 0 Å². The summed E-state index contributed by atoms with van der Waals surface area (Å²) in [5.74, 6) is -0.524. The van der Waals surface area contributed by atoms with Gasteiger partial charge in [-0.2, -0.15) is 0 Å². The van der Waals surface area contributed by atoms with E-state index in [1.54, 1.807) is 54.6 Å². The van der Waals surface area contributed by atoms with E-state index in [1.807, 2.05) is 19.1 Å². The molecule has 3 amide bonds. The summed E-state index contributed by atoms with van der Waals surface area (Å²) in [6, 6.07) is 18.6. The average molecular weight is 524 g/mol. The Morgan fingerprint density at radius 3 is 2.12 bits per heavy atom. The number of unbranched alkanes of at least 4 members (excludes halogenated alkanes) is 1. The molecule has 3 rings (SSSR count). The van der Waals surface area contributed by atoms with Crippen molar-refractivity contribution in [3.8, 4) is 5.75 Å². The van der Waals surface area contributed by atoms with Crippen molar-refractivity contribution >= 4 is 39.3 Å². The summed E-state index contributed by atoms with van der Waals surface area (Å²) in [7, 11) is 0. The summed E-state index contributed by atoms with van der Waals surface area (Å²) in [6.45, 7) is 4.60. The predicted octanol–water partition coefficient (Wildman–Crippen LogP) is 5.26. The Hall–Kier alpha value is -3.65. The molecule has 7 nitrogen and oxygen atoms in total. The highest BCUT2D eigenvalue weighted by atomic mass is 79.9.